The molecule has 0 aliphatic carbocycles. The second-order valence-electron chi connectivity index (χ2n) is 6.41. The first kappa shape index (κ1) is 19.6. The Bertz CT molecular complexity index is 1080. The van der Waals surface area contributed by atoms with Crippen LogP contribution in [-0.4, -0.2) is 32.7 Å². The van der Waals surface area contributed by atoms with E-state index in [0.29, 0.717) is 22.9 Å². The third-order valence-electron chi connectivity index (χ3n) is 4.33. The fraction of sp³-hybridized carbons (Fsp3) is 0.190. The highest BCUT2D eigenvalue weighted by Crippen LogP contribution is 2.30. The molecule has 0 unspecified atom stereocenters. The molecule has 0 atom stereocenters. The molecular weight excluding hydrogens is 407 g/mol. The van der Waals surface area contributed by atoms with Crippen molar-refractivity contribution in [3.05, 3.63) is 73.1 Å². The molecule has 0 saturated carbocycles. The normalized spacial score (nSPS) is 11.1. The third kappa shape index (κ3) is 5.02. The molecule has 4 aromatic rings. The highest BCUT2D eigenvalue weighted by atomic mass is 32.2. The van der Waals surface area contributed by atoms with Crippen molar-refractivity contribution in [2.24, 2.45) is 0 Å². The molecule has 4 rings (SSSR count). The van der Waals surface area contributed by atoms with Crippen molar-refractivity contribution >= 4 is 44.4 Å². The number of hydrogen-bond acceptors (Lipinski definition) is 5. The SMILES string of the molecule is O=C(CSc1ccccc1)N(CCCn1ccnc1)c1nc2ccc(F)cc2s1. The average Bonchev–Trinajstić information content (AvgIpc) is 3.39. The number of fused-ring (bicyclic) bond motifs is 1. The lowest BCUT2D eigenvalue weighted by molar-refractivity contribution is -0.116. The minimum Gasteiger partial charge on any atom is -0.337 e. The summed E-state index contributed by atoms with van der Waals surface area (Å²) < 4.78 is 16.3. The summed E-state index contributed by atoms with van der Waals surface area (Å²) in [5, 5.41) is 0.606. The summed E-state index contributed by atoms with van der Waals surface area (Å²) in [5.41, 5.74) is 0.703. The first-order valence-electron chi connectivity index (χ1n) is 9.19. The second kappa shape index (κ2) is 9.19. The van der Waals surface area contributed by atoms with Gasteiger partial charge in [-0.05, 0) is 36.8 Å². The predicted molar refractivity (Wildman–Crippen MR) is 116 cm³/mol. The number of halogens is 1. The third-order valence-corrected chi connectivity index (χ3v) is 6.37. The van der Waals surface area contributed by atoms with Crippen molar-refractivity contribution in [1.82, 2.24) is 14.5 Å². The van der Waals surface area contributed by atoms with E-state index in [1.54, 1.807) is 23.5 Å². The molecule has 0 radical (unpaired) electrons. The number of aromatic nitrogens is 3. The topological polar surface area (TPSA) is 51.0 Å². The summed E-state index contributed by atoms with van der Waals surface area (Å²) in [5.74, 6) is 0.00802. The maximum absolute atomic E-state index is 13.6. The maximum Gasteiger partial charge on any atom is 0.239 e. The van der Waals surface area contributed by atoms with Crippen LogP contribution in [0.4, 0.5) is 9.52 Å². The Morgan fingerprint density at radius 2 is 2.07 bits per heavy atom. The number of rotatable bonds is 8. The van der Waals surface area contributed by atoms with Gasteiger partial charge < -0.3 is 4.57 Å². The van der Waals surface area contributed by atoms with E-state index < -0.39 is 0 Å². The van der Waals surface area contributed by atoms with Crippen LogP contribution >= 0.6 is 23.1 Å². The quantitative estimate of drug-likeness (QED) is 0.378. The highest BCUT2D eigenvalue weighted by Gasteiger charge is 2.20. The van der Waals surface area contributed by atoms with Crippen LogP contribution in [0, 0.1) is 5.82 Å². The lowest BCUT2D eigenvalue weighted by Gasteiger charge is -2.20. The van der Waals surface area contributed by atoms with Gasteiger partial charge in [-0.15, -0.1) is 11.8 Å². The lowest BCUT2D eigenvalue weighted by Crippen LogP contribution is -2.33. The van der Waals surface area contributed by atoms with Crippen LogP contribution in [-0.2, 0) is 11.3 Å². The van der Waals surface area contributed by atoms with E-state index in [0.717, 1.165) is 22.6 Å². The van der Waals surface area contributed by atoms with Crippen molar-refractivity contribution in [2.45, 2.75) is 17.9 Å². The van der Waals surface area contributed by atoms with Crippen LogP contribution in [0.15, 0.2) is 72.1 Å². The number of thiazole rings is 1. The number of nitrogens with zero attached hydrogens (tertiary/aromatic N) is 4. The summed E-state index contributed by atoms with van der Waals surface area (Å²) >= 11 is 2.85. The van der Waals surface area contributed by atoms with Gasteiger partial charge in [0.2, 0.25) is 5.91 Å². The minimum absolute atomic E-state index is 0.0102. The van der Waals surface area contributed by atoms with Gasteiger partial charge in [-0.1, -0.05) is 29.5 Å². The highest BCUT2D eigenvalue weighted by molar-refractivity contribution is 8.00. The number of anilines is 1. The number of thioether (sulfide) groups is 1. The van der Waals surface area contributed by atoms with Crippen molar-refractivity contribution in [3.8, 4) is 0 Å². The lowest BCUT2D eigenvalue weighted by atomic mass is 10.3. The Hall–Kier alpha value is -2.71. The molecule has 0 saturated heterocycles. The Morgan fingerprint density at radius 3 is 2.86 bits per heavy atom. The summed E-state index contributed by atoms with van der Waals surface area (Å²) in [6.07, 6.45) is 6.17. The van der Waals surface area contributed by atoms with Gasteiger partial charge in [0.1, 0.15) is 5.82 Å². The number of amides is 1. The average molecular weight is 427 g/mol. The molecule has 148 valence electrons. The van der Waals surface area contributed by atoms with Gasteiger partial charge in [0.25, 0.3) is 0 Å². The summed E-state index contributed by atoms with van der Waals surface area (Å²) in [4.78, 5) is 24.4. The fourth-order valence-corrected chi connectivity index (χ4v) is 4.73. The van der Waals surface area contributed by atoms with E-state index in [1.807, 2.05) is 41.1 Å². The van der Waals surface area contributed by atoms with E-state index >= 15 is 0 Å². The molecule has 2 aromatic heterocycles. The molecule has 2 aromatic carbocycles. The number of aryl methyl sites for hydroxylation is 1. The smallest absolute Gasteiger partial charge is 0.239 e. The van der Waals surface area contributed by atoms with Gasteiger partial charge in [0.15, 0.2) is 5.13 Å². The Labute approximate surface area is 176 Å². The van der Waals surface area contributed by atoms with Gasteiger partial charge in [-0.25, -0.2) is 14.4 Å². The minimum atomic E-state index is -0.301. The standard InChI is InChI=1S/C21H19FN4OS2/c22-16-7-8-18-19(13-16)29-21(24-18)26(11-4-10-25-12-9-23-15-25)20(27)14-28-17-5-2-1-3-6-17/h1-3,5-9,12-13,15H,4,10-11,14H2. The van der Waals surface area contributed by atoms with Crippen LogP contribution in [0.3, 0.4) is 0 Å². The number of carbonyl (C=O) groups excluding carboxylic acids is 1. The van der Waals surface area contributed by atoms with Gasteiger partial charge >= 0.3 is 0 Å². The number of hydrogen-bond donors (Lipinski definition) is 0. The molecule has 0 N–H and O–H groups in total. The largest absolute Gasteiger partial charge is 0.337 e. The van der Waals surface area contributed by atoms with Crippen molar-refractivity contribution in [1.29, 1.82) is 0 Å². The van der Waals surface area contributed by atoms with Crippen molar-refractivity contribution in [3.63, 3.8) is 0 Å². The van der Waals surface area contributed by atoms with Crippen LogP contribution in [0.5, 0.6) is 0 Å². The van der Waals surface area contributed by atoms with Crippen molar-refractivity contribution < 1.29 is 9.18 Å². The van der Waals surface area contributed by atoms with Crippen LogP contribution < -0.4 is 4.90 Å². The van der Waals surface area contributed by atoms with E-state index in [9.17, 15) is 9.18 Å². The molecule has 0 spiro atoms. The van der Waals surface area contributed by atoms with E-state index in [2.05, 4.69) is 9.97 Å². The predicted octanol–water partition coefficient (Wildman–Crippen LogP) is 4.85. The zero-order chi connectivity index (χ0) is 20.1. The Morgan fingerprint density at radius 1 is 1.21 bits per heavy atom. The molecule has 0 fully saturated rings. The first-order chi connectivity index (χ1) is 14.2. The van der Waals surface area contributed by atoms with Crippen LogP contribution in [0.2, 0.25) is 0 Å². The zero-order valence-corrected chi connectivity index (χ0v) is 17.2. The van der Waals surface area contributed by atoms with Gasteiger partial charge in [0, 0.05) is 30.4 Å². The van der Waals surface area contributed by atoms with Crippen LogP contribution in [0.25, 0.3) is 10.2 Å². The monoisotopic (exact) mass is 426 g/mol. The molecule has 0 aliphatic rings. The zero-order valence-electron chi connectivity index (χ0n) is 15.6. The van der Waals surface area contributed by atoms with Crippen LogP contribution in [0.1, 0.15) is 6.42 Å². The second-order valence-corrected chi connectivity index (χ2v) is 8.47. The summed E-state index contributed by atoms with van der Waals surface area (Å²) in [6, 6.07) is 14.3. The molecular formula is C21H19FN4OS2. The van der Waals surface area contributed by atoms with Gasteiger partial charge in [-0.2, -0.15) is 0 Å². The molecule has 8 heteroatoms. The van der Waals surface area contributed by atoms with E-state index in [1.165, 1.54) is 35.2 Å². The van der Waals surface area contributed by atoms with Gasteiger partial charge in [-0.3, -0.25) is 9.69 Å². The molecule has 1 amide bonds. The first-order valence-corrected chi connectivity index (χ1v) is 11.0. The van der Waals surface area contributed by atoms with Gasteiger partial charge in [0.05, 0.1) is 22.3 Å². The summed E-state index contributed by atoms with van der Waals surface area (Å²) in [7, 11) is 0. The van der Waals surface area contributed by atoms with Crippen molar-refractivity contribution in [2.75, 3.05) is 17.2 Å². The van der Waals surface area contributed by atoms with E-state index in [-0.39, 0.29) is 11.7 Å². The molecule has 5 nitrogen and oxygen atoms in total. The Kier molecular flexibility index (Phi) is 6.21. The summed E-state index contributed by atoms with van der Waals surface area (Å²) in [6.45, 7) is 1.30. The number of carbonyl (C=O) groups is 1. The Balaban J connectivity index is 1.51. The molecule has 0 aliphatic heterocycles. The maximum atomic E-state index is 13.6. The fourth-order valence-electron chi connectivity index (χ4n) is 2.90. The van der Waals surface area contributed by atoms with E-state index in [4.69, 9.17) is 0 Å². The number of imidazole rings is 1. The number of benzene rings is 2. The molecule has 29 heavy (non-hydrogen) atoms. The molecule has 2 heterocycles. The molecule has 0 bridgehead atoms.